The second-order valence-corrected chi connectivity index (χ2v) is 7.28. The van der Waals surface area contributed by atoms with E-state index >= 15 is 0 Å². The number of urea groups is 1. The van der Waals surface area contributed by atoms with Crippen LogP contribution in [-0.2, 0) is 12.6 Å². The Morgan fingerprint density at radius 1 is 1.29 bits per heavy atom. The van der Waals surface area contributed by atoms with Gasteiger partial charge in [-0.05, 0) is 39.2 Å². The first-order valence-electron chi connectivity index (χ1n) is 8.55. The summed E-state index contributed by atoms with van der Waals surface area (Å²) in [5, 5.41) is 10.5. The molecule has 1 fully saturated rings. The molecule has 1 aromatic heterocycles. The van der Waals surface area contributed by atoms with Gasteiger partial charge in [0, 0.05) is 19.0 Å². The van der Waals surface area contributed by atoms with Gasteiger partial charge in [0.1, 0.15) is 5.82 Å². The van der Waals surface area contributed by atoms with Gasteiger partial charge < -0.3 is 5.32 Å². The molecule has 1 aliphatic rings. The van der Waals surface area contributed by atoms with E-state index in [9.17, 15) is 4.79 Å². The summed E-state index contributed by atoms with van der Waals surface area (Å²) >= 11 is 0. The molecule has 128 valence electrons. The first kappa shape index (κ1) is 16.6. The zero-order valence-corrected chi connectivity index (χ0v) is 14.9. The van der Waals surface area contributed by atoms with E-state index in [1.54, 1.807) is 4.68 Å². The molecule has 2 aromatic rings. The van der Waals surface area contributed by atoms with Crippen LogP contribution < -0.4 is 10.6 Å². The van der Waals surface area contributed by atoms with Crippen LogP contribution in [0.25, 0.3) is 0 Å². The van der Waals surface area contributed by atoms with Gasteiger partial charge in [-0.1, -0.05) is 36.2 Å². The molecule has 1 heterocycles. The van der Waals surface area contributed by atoms with Crippen molar-refractivity contribution in [1.29, 1.82) is 0 Å². The van der Waals surface area contributed by atoms with Crippen molar-refractivity contribution in [3.8, 4) is 0 Å². The Labute approximate surface area is 143 Å². The SMILES string of the molecule is Cc1cccc(C(C)(C)NC(=O)Nc2cc(C3CCC3)nn2C)c1. The number of hydrogen-bond acceptors (Lipinski definition) is 2. The van der Waals surface area contributed by atoms with Crippen molar-refractivity contribution in [3.05, 3.63) is 47.2 Å². The Hall–Kier alpha value is -2.30. The van der Waals surface area contributed by atoms with Gasteiger partial charge in [0.25, 0.3) is 0 Å². The number of carbonyl (C=O) groups is 1. The lowest BCUT2D eigenvalue weighted by Gasteiger charge is -2.27. The fraction of sp³-hybridized carbons (Fsp3) is 0.474. The van der Waals surface area contributed by atoms with E-state index in [1.165, 1.54) is 24.8 Å². The summed E-state index contributed by atoms with van der Waals surface area (Å²) in [6, 6.07) is 9.97. The average molecular weight is 326 g/mol. The minimum atomic E-state index is -0.453. The van der Waals surface area contributed by atoms with Crippen LogP contribution in [-0.4, -0.2) is 15.8 Å². The Morgan fingerprint density at radius 3 is 2.67 bits per heavy atom. The lowest BCUT2D eigenvalue weighted by molar-refractivity contribution is 0.241. The van der Waals surface area contributed by atoms with Crippen LogP contribution in [0.2, 0.25) is 0 Å². The third kappa shape index (κ3) is 3.45. The largest absolute Gasteiger partial charge is 0.329 e. The van der Waals surface area contributed by atoms with E-state index in [1.807, 2.05) is 39.1 Å². The number of aromatic nitrogens is 2. The van der Waals surface area contributed by atoms with E-state index in [0.29, 0.717) is 5.92 Å². The molecule has 1 aromatic carbocycles. The highest BCUT2D eigenvalue weighted by atomic mass is 16.2. The summed E-state index contributed by atoms with van der Waals surface area (Å²) in [6.07, 6.45) is 3.67. The van der Waals surface area contributed by atoms with E-state index in [4.69, 9.17) is 0 Å². The first-order chi connectivity index (χ1) is 11.3. The van der Waals surface area contributed by atoms with Crippen molar-refractivity contribution in [2.75, 3.05) is 5.32 Å². The highest BCUT2D eigenvalue weighted by molar-refractivity contribution is 5.89. The molecule has 0 unspecified atom stereocenters. The molecule has 5 heteroatoms. The molecule has 1 saturated carbocycles. The third-order valence-electron chi connectivity index (χ3n) is 4.83. The van der Waals surface area contributed by atoms with Gasteiger partial charge in [-0.2, -0.15) is 5.10 Å². The molecule has 0 bridgehead atoms. The molecule has 0 radical (unpaired) electrons. The van der Waals surface area contributed by atoms with Crippen LogP contribution in [0.4, 0.5) is 10.6 Å². The van der Waals surface area contributed by atoms with Crippen molar-refractivity contribution in [2.45, 2.75) is 51.5 Å². The Morgan fingerprint density at radius 2 is 2.04 bits per heavy atom. The van der Waals surface area contributed by atoms with Gasteiger partial charge >= 0.3 is 6.03 Å². The minimum Gasteiger partial charge on any atom is -0.329 e. The van der Waals surface area contributed by atoms with Crippen LogP contribution in [0.1, 0.15) is 55.8 Å². The molecular weight excluding hydrogens is 300 g/mol. The summed E-state index contributed by atoms with van der Waals surface area (Å²) in [5.41, 5.74) is 2.89. The lowest BCUT2D eigenvalue weighted by atomic mass is 9.83. The lowest BCUT2D eigenvalue weighted by Crippen LogP contribution is -2.43. The third-order valence-corrected chi connectivity index (χ3v) is 4.83. The van der Waals surface area contributed by atoms with Crippen LogP contribution >= 0.6 is 0 Å². The molecule has 0 spiro atoms. The predicted molar refractivity (Wildman–Crippen MR) is 96.2 cm³/mol. The van der Waals surface area contributed by atoms with Crippen LogP contribution in [0, 0.1) is 6.92 Å². The second kappa shape index (κ2) is 6.30. The number of nitrogens with one attached hydrogen (secondary N) is 2. The normalized spacial score (nSPS) is 15.0. The van der Waals surface area contributed by atoms with Gasteiger partial charge in [0.05, 0.1) is 11.2 Å². The van der Waals surface area contributed by atoms with Gasteiger partial charge in [-0.25, -0.2) is 4.79 Å². The molecule has 0 aliphatic heterocycles. The van der Waals surface area contributed by atoms with E-state index in [-0.39, 0.29) is 6.03 Å². The van der Waals surface area contributed by atoms with E-state index in [2.05, 4.69) is 34.8 Å². The van der Waals surface area contributed by atoms with Crippen molar-refractivity contribution in [1.82, 2.24) is 15.1 Å². The molecule has 1 aliphatic carbocycles. The molecule has 0 saturated heterocycles. The fourth-order valence-electron chi connectivity index (χ4n) is 3.05. The fourth-order valence-corrected chi connectivity index (χ4v) is 3.05. The molecule has 5 nitrogen and oxygen atoms in total. The topological polar surface area (TPSA) is 59.0 Å². The van der Waals surface area contributed by atoms with E-state index < -0.39 is 5.54 Å². The van der Waals surface area contributed by atoms with Crippen molar-refractivity contribution in [3.63, 3.8) is 0 Å². The zero-order valence-electron chi connectivity index (χ0n) is 14.9. The number of hydrogen-bond donors (Lipinski definition) is 2. The second-order valence-electron chi connectivity index (χ2n) is 7.28. The highest BCUT2D eigenvalue weighted by Crippen LogP contribution is 2.36. The number of anilines is 1. The monoisotopic (exact) mass is 326 g/mol. The smallest absolute Gasteiger partial charge is 0.321 e. The van der Waals surface area contributed by atoms with Crippen LogP contribution in [0.3, 0.4) is 0 Å². The molecule has 0 atom stereocenters. The Bertz CT molecular complexity index is 744. The zero-order chi connectivity index (χ0) is 17.3. The van der Waals surface area contributed by atoms with Gasteiger partial charge in [-0.15, -0.1) is 0 Å². The average Bonchev–Trinajstić information content (AvgIpc) is 2.76. The minimum absolute atomic E-state index is 0.218. The van der Waals surface area contributed by atoms with Crippen molar-refractivity contribution in [2.24, 2.45) is 7.05 Å². The van der Waals surface area contributed by atoms with Crippen molar-refractivity contribution >= 4 is 11.8 Å². The van der Waals surface area contributed by atoms with Gasteiger partial charge in [-0.3, -0.25) is 10.00 Å². The maximum Gasteiger partial charge on any atom is 0.321 e. The maximum atomic E-state index is 12.4. The van der Waals surface area contributed by atoms with Crippen LogP contribution in [0.15, 0.2) is 30.3 Å². The summed E-state index contributed by atoms with van der Waals surface area (Å²) in [6.45, 7) is 6.06. The number of aryl methyl sites for hydroxylation is 2. The molecule has 2 amide bonds. The van der Waals surface area contributed by atoms with Gasteiger partial charge in [0.15, 0.2) is 0 Å². The molecule has 2 N–H and O–H groups in total. The number of nitrogens with zero attached hydrogens (tertiary/aromatic N) is 2. The van der Waals surface area contributed by atoms with Gasteiger partial charge in [0.2, 0.25) is 0 Å². The standard InChI is InChI=1S/C19H26N4O/c1-13-7-5-10-15(11-13)19(2,3)21-18(24)20-17-12-16(22-23(17)4)14-8-6-9-14/h5,7,10-12,14H,6,8-9H2,1-4H3,(H2,20,21,24). The molecule has 24 heavy (non-hydrogen) atoms. The summed E-state index contributed by atoms with van der Waals surface area (Å²) in [4.78, 5) is 12.4. The Balaban J connectivity index is 1.67. The quantitative estimate of drug-likeness (QED) is 0.890. The highest BCUT2D eigenvalue weighted by Gasteiger charge is 2.25. The number of amides is 2. The summed E-state index contributed by atoms with van der Waals surface area (Å²) < 4.78 is 1.74. The number of benzene rings is 1. The van der Waals surface area contributed by atoms with E-state index in [0.717, 1.165) is 17.1 Å². The maximum absolute atomic E-state index is 12.4. The summed E-state index contributed by atoms with van der Waals surface area (Å²) in [7, 11) is 1.86. The number of rotatable bonds is 4. The summed E-state index contributed by atoms with van der Waals surface area (Å²) in [5.74, 6) is 1.29. The molecule has 3 rings (SSSR count). The first-order valence-corrected chi connectivity index (χ1v) is 8.55. The Kier molecular flexibility index (Phi) is 4.35. The van der Waals surface area contributed by atoms with Crippen LogP contribution in [0.5, 0.6) is 0 Å². The number of carbonyl (C=O) groups excluding carboxylic acids is 1. The van der Waals surface area contributed by atoms with Crippen molar-refractivity contribution < 1.29 is 4.79 Å². The predicted octanol–water partition coefficient (Wildman–Crippen LogP) is 4.05. The molecular formula is C19H26N4O.